The molecule has 0 spiro atoms. The molecule has 162 valence electrons. The number of methoxy groups -OCH3 is 1. The highest BCUT2D eigenvalue weighted by Crippen LogP contribution is 2.23. The summed E-state index contributed by atoms with van der Waals surface area (Å²) < 4.78 is 7.15. The van der Waals surface area contributed by atoms with E-state index in [4.69, 9.17) is 0 Å². The van der Waals surface area contributed by atoms with Crippen LogP contribution in [0.15, 0.2) is 59.7 Å². The molecule has 32 heavy (non-hydrogen) atoms. The van der Waals surface area contributed by atoms with Crippen LogP contribution in [0, 0.1) is 13.8 Å². The first-order chi connectivity index (χ1) is 15.4. The van der Waals surface area contributed by atoms with Crippen LogP contribution in [0.5, 0.6) is 0 Å². The molecule has 0 saturated heterocycles. The predicted octanol–water partition coefficient (Wildman–Crippen LogP) is 2.60. The average molecular weight is 431 g/mol. The number of hydrogen-bond donors (Lipinski definition) is 1. The highest BCUT2D eigenvalue weighted by molar-refractivity contribution is 5.93. The van der Waals surface area contributed by atoms with Crippen molar-refractivity contribution < 1.29 is 14.3 Å². The van der Waals surface area contributed by atoms with E-state index in [-0.39, 0.29) is 6.54 Å². The second kappa shape index (κ2) is 8.46. The molecule has 0 bridgehead atoms. The zero-order valence-corrected chi connectivity index (χ0v) is 17.8. The molecule has 9 nitrogen and oxygen atoms in total. The molecule has 9 heteroatoms. The van der Waals surface area contributed by atoms with Gasteiger partial charge in [0.1, 0.15) is 18.4 Å². The van der Waals surface area contributed by atoms with Gasteiger partial charge in [-0.3, -0.25) is 9.59 Å². The Balaban J connectivity index is 1.55. The van der Waals surface area contributed by atoms with Gasteiger partial charge in [-0.25, -0.2) is 14.0 Å². The fourth-order valence-corrected chi connectivity index (χ4v) is 3.34. The first-order valence-electron chi connectivity index (χ1n) is 9.87. The fourth-order valence-electron chi connectivity index (χ4n) is 3.34. The largest absolute Gasteiger partial charge is 0.465 e. The van der Waals surface area contributed by atoms with Crippen LogP contribution in [0.4, 0.5) is 5.69 Å². The third-order valence-corrected chi connectivity index (χ3v) is 5.04. The minimum Gasteiger partial charge on any atom is -0.465 e. The third-order valence-electron chi connectivity index (χ3n) is 5.04. The van der Waals surface area contributed by atoms with Gasteiger partial charge in [-0.1, -0.05) is 17.7 Å². The highest BCUT2D eigenvalue weighted by atomic mass is 16.5. The lowest BCUT2D eigenvalue weighted by atomic mass is 10.0. The van der Waals surface area contributed by atoms with Crippen LogP contribution in [-0.4, -0.2) is 38.4 Å². The standard InChI is InChI=1S/C23H21N5O4/c1-14-4-5-15(2)18(10-14)19-11-20-22(30)27(24-13-28(20)26-19)12-21(29)25-17-8-6-16(7-9-17)23(31)32-3/h4-11,13H,12H2,1-3H3,(H,25,29). The first-order valence-corrected chi connectivity index (χ1v) is 9.87. The Morgan fingerprint density at radius 1 is 1.06 bits per heavy atom. The summed E-state index contributed by atoms with van der Waals surface area (Å²) in [5, 5.41) is 11.2. The lowest BCUT2D eigenvalue weighted by Gasteiger charge is -2.07. The van der Waals surface area contributed by atoms with Crippen LogP contribution < -0.4 is 10.9 Å². The molecular weight excluding hydrogens is 410 g/mol. The van der Waals surface area contributed by atoms with E-state index in [1.165, 1.54) is 18.0 Å². The lowest BCUT2D eigenvalue weighted by molar-refractivity contribution is -0.117. The van der Waals surface area contributed by atoms with Crippen molar-refractivity contribution in [3.8, 4) is 11.3 Å². The van der Waals surface area contributed by atoms with E-state index in [1.54, 1.807) is 30.3 Å². The Hall–Kier alpha value is -4.27. The van der Waals surface area contributed by atoms with Gasteiger partial charge in [-0.15, -0.1) is 0 Å². The van der Waals surface area contributed by atoms with E-state index in [2.05, 4.69) is 20.3 Å². The van der Waals surface area contributed by atoms with Crippen LogP contribution in [0.25, 0.3) is 16.8 Å². The summed E-state index contributed by atoms with van der Waals surface area (Å²) in [6.45, 7) is 3.71. The number of aryl methyl sites for hydroxylation is 2. The van der Waals surface area contributed by atoms with Gasteiger partial charge in [0.2, 0.25) is 5.91 Å². The SMILES string of the molecule is COC(=O)c1ccc(NC(=O)Cn2ncn3nc(-c4cc(C)ccc4C)cc3c2=O)cc1. The summed E-state index contributed by atoms with van der Waals surface area (Å²) in [5.41, 5.74) is 4.50. The number of aromatic nitrogens is 4. The minimum absolute atomic E-state index is 0.266. The molecular formula is C23H21N5O4. The number of ether oxygens (including phenoxy) is 1. The molecule has 0 aliphatic heterocycles. The second-order valence-electron chi connectivity index (χ2n) is 7.39. The Morgan fingerprint density at radius 3 is 2.53 bits per heavy atom. The molecule has 4 aromatic rings. The number of rotatable bonds is 5. The van der Waals surface area contributed by atoms with Gasteiger partial charge in [-0.05, 0) is 55.8 Å². The summed E-state index contributed by atoms with van der Waals surface area (Å²) in [6, 6.07) is 14.0. The molecule has 0 atom stereocenters. The summed E-state index contributed by atoms with van der Waals surface area (Å²) in [6.07, 6.45) is 1.41. The van der Waals surface area contributed by atoms with Crippen LogP contribution in [-0.2, 0) is 16.1 Å². The number of amides is 1. The fraction of sp³-hybridized carbons (Fsp3) is 0.174. The number of nitrogens with one attached hydrogen (secondary N) is 1. The molecule has 0 unspecified atom stereocenters. The Bertz CT molecular complexity index is 1390. The van der Waals surface area contributed by atoms with Gasteiger partial charge in [-0.2, -0.15) is 10.2 Å². The van der Waals surface area contributed by atoms with E-state index in [0.29, 0.717) is 22.5 Å². The van der Waals surface area contributed by atoms with Gasteiger partial charge >= 0.3 is 5.97 Å². The van der Waals surface area contributed by atoms with E-state index in [9.17, 15) is 14.4 Å². The quantitative estimate of drug-likeness (QED) is 0.487. The maximum absolute atomic E-state index is 12.9. The predicted molar refractivity (Wildman–Crippen MR) is 119 cm³/mol. The highest BCUT2D eigenvalue weighted by Gasteiger charge is 2.14. The molecule has 2 aromatic carbocycles. The van der Waals surface area contributed by atoms with Crippen molar-refractivity contribution in [1.29, 1.82) is 0 Å². The minimum atomic E-state index is -0.465. The maximum atomic E-state index is 12.9. The number of esters is 1. The van der Waals surface area contributed by atoms with Gasteiger partial charge in [0.25, 0.3) is 5.56 Å². The normalized spacial score (nSPS) is 10.8. The summed E-state index contributed by atoms with van der Waals surface area (Å²) in [4.78, 5) is 36.8. The first kappa shape index (κ1) is 21.0. The van der Waals surface area contributed by atoms with Gasteiger partial charge in [0.15, 0.2) is 0 Å². The van der Waals surface area contributed by atoms with Gasteiger partial charge in [0.05, 0.1) is 18.4 Å². The maximum Gasteiger partial charge on any atom is 0.337 e. The molecule has 0 aliphatic rings. The van der Waals surface area contributed by atoms with Gasteiger partial charge in [0, 0.05) is 11.3 Å². The van der Waals surface area contributed by atoms with Crippen molar-refractivity contribution in [2.24, 2.45) is 0 Å². The topological polar surface area (TPSA) is 108 Å². The van der Waals surface area contributed by atoms with E-state index >= 15 is 0 Å². The Kier molecular flexibility index (Phi) is 5.55. The van der Waals surface area contributed by atoms with E-state index < -0.39 is 17.4 Å². The number of carbonyl (C=O) groups excluding carboxylic acids is 2. The second-order valence-corrected chi connectivity index (χ2v) is 7.39. The molecule has 0 fully saturated rings. The Labute approximate surface area is 183 Å². The van der Waals surface area contributed by atoms with Crippen molar-refractivity contribution in [1.82, 2.24) is 19.4 Å². The number of benzene rings is 2. The molecule has 0 aliphatic carbocycles. The smallest absolute Gasteiger partial charge is 0.337 e. The Morgan fingerprint density at radius 2 is 1.81 bits per heavy atom. The number of nitrogens with zero attached hydrogens (tertiary/aromatic N) is 4. The average Bonchev–Trinajstić information content (AvgIpc) is 3.22. The zero-order chi connectivity index (χ0) is 22.8. The lowest BCUT2D eigenvalue weighted by Crippen LogP contribution is -2.30. The number of fused-ring (bicyclic) bond motifs is 1. The van der Waals surface area contributed by atoms with Crippen molar-refractivity contribution in [2.75, 3.05) is 12.4 Å². The molecule has 2 heterocycles. The van der Waals surface area contributed by atoms with Crippen LogP contribution in [0.2, 0.25) is 0 Å². The number of carbonyl (C=O) groups is 2. The van der Waals surface area contributed by atoms with Crippen LogP contribution in [0.3, 0.4) is 0 Å². The van der Waals surface area contributed by atoms with E-state index in [1.807, 2.05) is 32.0 Å². The van der Waals surface area contributed by atoms with Crippen molar-refractivity contribution >= 4 is 23.1 Å². The van der Waals surface area contributed by atoms with Crippen LogP contribution >= 0.6 is 0 Å². The third kappa shape index (κ3) is 4.13. The monoisotopic (exact) mass is 431 g/mol. The van der Waals surface area contributed by atoms with Crippen molar-refractivity contribution in [2.45, 2.75) is 20.4 Å². The molecule has 2 aromatic heterocycles. The van der Waals surface area contributed by atoms with E-state index in [0.717, 1.165) is 21.4 Å². The molecule has 4 rings (SSSR count). The molecule has 1 amide bonds. The summed E-state index contributed by atoms with van der Waals surface area (Å²) >= 11 is 0. The van der Waals surface area contributed by atoms with Crippen molar-refractivity contribution in [3.63, 3.8) is 0 Å². The van der Waals surface area contributed by atoms with Crippen LogP contribution in [0.1, 0.15) is 21.5 Å². The molecule has 0 saturated carbocycles. The molecule has 1 N–H and O–H groups in total. The summed E-state index contributed by atoms with van der Waals surface area (Å²) in [5.74, 6) is -0.892. The summed E-state index contributed by atoms with van der Waals surface area (Å²) in [7, 11) is 1.30. The zero-order valence-electron chi connectivity index (χ0n) is 17.8. The van der Waals surface area contributed by atoms with Crippen molar-refractivity contribution in [3.05, 3.63) is 81.9 Å². The van der Waals surface area contributed by atoms with Gasteiger partial charge < -0.3 is 10.1 Å². The molecule has 0 radical (unpaired) electrons. The number of anilines is 1. The number of hydrogen-bond acceptors (Lipinski definition) is 6.